The highest BCUT2D eigenvalue weighted by Crippen LogP contribution is 2.28. The van der Waals surface area contributed by atoms with E-state index in [4.69, 9.17) is 0 Å². The van der Waals surface area contributed by atoms with Gasteiger partial charge in [0.25, 0.3) is 0 Å². The minimum absolute atomic E-state index is 0.0877. The first-order valence-corrected chi connectivity index (χ1v) is 9.93. The number of hydrogen-bond acceptors (Lipinski definition) is 4. The number of rotatable bonds is 7. The van der Waals surface area contributed by atoms with E-state index in [1.165, 1.54) is 25.7 Å². The minimum Gasteiger partial charge on any atom is -0.356 e. The van der Waals surface area contributed by atoms with Crippen LogP contribution in [0.3, 0.4) is 0 Å². The fourth-order valence-electron chi connectivity index (χ4n) is 3.92. The second kappa shape index (κ2) is 9.55. The Balaban J connectivity index is 1.30. The van der Waals surface area contributed by atoms with E-state index in [1.807, 2.05) is 23.1 Å². The molecule has 142 valence electrons. The van der Waals surface area contributed by atoms with Gasteiger partial charge < -0.3 is 15.1 Å². The average Bonchev–Trinajstić information content (AvgIpc) is 3.21. The van der Waals surface area contributed by atoms with E-state index >= 15 is 0 Å². The Morgan fingerprint density at radius 1 is 1.08 bits per heavy atom. The molecule has 0 aromatic carbocycles. The Bertz CT molecular complexity index is 579. The molecule has 0 atom stereocenters. The van der Waals surface area contributed by atoms with Crippen LogP contribution < -0.4 is 10.2 Å². The molecule has 1 saturated heterocycles. The van der Waals surface area contributed by atoms with Gasteiger partial charge in [-0.3, -0.25) is 9.59 Å². The molecule has 26 heavy (non-hydrogen) atoms. The van der Waals surface area contributed by atoms with Crippen molar-refractivity contribution in [3.63, 3.8) is 0 Å². The Hall–Kier alpha value is -2.11. The zero-order valence-corrected chi connectivity index (χ0v) is 15.5. The van der Waals surface area contributed by atoms with Gasteiger partial charge in [0.05, 0.1) is 0 Å². The molecule has 0 radical (unpaired) electrons. The van der Waals surface area contributed by atoms with E-state index in [2.05, 4.69) is 15.2 Å². The fraction of sp³-hybridized carbons (Fsp3) is 0.650. The van der Waals surface area contributed by atoms with Crippen LogP contribution in [0.5, 0.6) is 0 Å². The maximum atomic E-state index is 12.3. The predicted molar refractivity (Wildman–Crippen MR) is 102 cm³/mol. The molecular weight excluding hydrogens is 328 g/mol. The summed E-state index contributed by atoms with van der Waals surface area (Å²) in [5.41, 5.74) is 0. The topological polar surface area (TPSA) is 65.5 Å². The van der Waals surface area contributed by atoms with Crippen molar-refractivity contribution in [2.75, 3.05) is 37.6 Å². The molecule has 0 spiro atoms. The molecule has 3 rings (SSSR count). The summed E-state index contributed by atoms with van der Waals surface area (Å²) in [7, 11) is 0. The van der Waals surface area contributed by atoms with Gasteiger partial charge in [0.15, 0.2) is 0 Å². The molecule has 1 N–H and O–H groups in total. The molecule has 2 amide bonds. The summed E-state index contributed by atoms with van der Waals surface area (Å²) in [6.45, 7) is 3.48. The quantitative estimate of drug-likeness (QED) is 0.812. The summed E-state index contributed by atoms with van der Waals surface area (Å²) in [4.78, 5) is 32.7. The molecule has 1 aliphatic heterocycles. The predicted octanol–water partition coefficient (Wildman–Crippen LogP) is 2.21. The second-order valence-corrected chi connectivity index (χ2v) is 7.34. The number of anilines is 1. The van der Waals surface area contributed by atoms with Crippen LogP contribution in [0.25, 0.3) is 0 Å². The summed E-state index contributed by atoms with van der Waals surface area (Å²) in [6, 6.07) is 5.89. The van der Waals surface area contributed by atoms with E-state index in [1.54, 1.807) is 6.20 Å². The summed E-state index contributed by atoms with van der Waals surface area (Å²) in [5.74, 6) is 1.92. The van der Waals surface area contributed by atoms with Gasteiger partial charge in [-0.2, -0.15) is 0 Å². The summed E-state index contributed by atoms with van der Waals surface area (Å²) < 4.78 is 0. The molecular formula is C20H30N4O2. The van der Waals surface area contributed by atoms with Crippen molar-refractivity contribution >= 4 is 17.6 Å². The number of carbonyl (C=O) groups is 2. The Morgan fingerprint density at radius 3 is 2.54 bits per heavy atom. The molecule has 1 aliphatic carbocycles. The summed E-state index contributed by atoms with van der Waals surface area (Å²) in [5, 5.41) is 2.90. The van der Waals surface area contributed by atoms with Crippen molar-refractivity contribution in [2.24, 2.45) is 5.92 Å². The highest BCUT2D eigenvalue weighted by molar-refractivity contribution is 5.79. The van der Waals surface area contributed by atoms with Gasteiger partial charge in [0.2, 0.25) is 11.8 Å². The van der Waals surface area contributed by atoms with Gasteiger partial charge in [0.1, 0.15) is 5.82 Å². The van der Waals surface area contributed by atoms with Gasteiger partial charge in [-0.25, -0.2) is 4.98 Å². The zero-order chi connectivity index (χ0) is 18.2. The summed E-state index contributed by atoms with van der Waals surface area (Å²) >= 11 is 0. The fourth-order valence-corrected chi connectivity index (χ4v) is 3.92. The van der Waals surface area contributed by atoms with Crippen LogP contribution in [0.2, 0.25) is 0 Å². The number of amides is 2. The lowest BCUT2D eigenvalue weighted by Crippen LogP contribution is -2.49. The first-order valence-electron chi connectivity index (χ1n) is 9.93. The van der Waals surface area contributed by atoms with E-state index in [9.17, 15) is 9.59 Å². The van der Waals surface area contributed by atoms with Gasteiger partial charge in [-0.05, 0) is 24.5 Å². The van der Waals surface area contributed by atoms with Crippen LogP contribution in [0.15, 0.2) is 24.4 Å². The molecule has 0 unspecified atom stereocenters. The third kappa shape index (κ3) is 5.44. The third-order valence-electron chi connectivity index (χ3n) is 5.52. The maximum Gasteiger partial charge on any atom is 0.224 e. The number of piperazine rings is 1. The number of carbonyl (C=O) groups excluding carboxylic acids is 2. The monoisotopic (exact) mass is 358 g/mol. The van der Waals surface area contributed by atoms with E-state index < -0.39 is 0 Å². The highest BCUT2D eigenvalue weighted by Gasteiger charge is 2.21. The summed E-state index contributed by atoms with van der Waals surface area (Å²) in [6.07, 6.45) is 8.95. The largest absolute Gasteiger partial charge is 0.356 e. The van der Waals surface area contributed by atoms with Crippen LogP contribution in [0, 0.1) is 5.92 Å². The van der Waals surface area contributed by atoms with Crippen molar-refractivity contribution < 1.29 is 9.59 Å². The van der Waals surface area contributed by atoms with Crippen molar-refractivity contribution in [1.82, 2.24) is 15.2 Å². The van der Waals surface area contributed by atoms with Gasteiger partial charge in [-0.15, -0.1) is 0 Å². The van der Waals surface area contributed by atoms with E-state index in [-0.39, 0.29) is 11.8 Å². The van der Waals surface area contributed by atoms with Crippen molar-refractivity contribution in [2.45, 2.75) is 44.9 Å². The van der Waals surface area contributed by atoms with Gasteiger partial charge >= 0.3 is 0 Å². The number of hydrogen-bond donors (Lipinski definition) is 1. The Morgan fingerprint density at radius 2 is 1.85 bits per heavy atom. The molecule has 2 fully saturated rings. The van der Waals surface area contributed by atoms with Crippen molar-refractivity contribution in [3.05, 3.63) is 24.4 Å². The van der Waals surface area contributed by atoms with Gasteiger partial charge in [-0.1, -0.05) is 31.7 Å². The lowest BCUT2D eigenvalue weighted by molar-refractivity contribution is -0.131. The molecule has 1 saturated carbocycles. The third-order valence-corrected chi connectivity index (χ3v) is 5.52. The maximum absolute atomic E-state index is 12.3. The number of pyridine rings is 1. The van der Waals surface area contributed by atoms with Gasteiger partial charge in [0, 0.05) is 51.8 Å². The smallest absolute Gasteiger partial charge is 0.224 e. The first kappa shape index (κ1) is 18.7. The standard InChI is InChI=1S/C20H30N4O2/c25-19(9-8-17-5-1-2-6-17)22-12-10-20(26)24-15-13-23(14-16-24)18-7-3-4-11-21-18/h3-4,7,11,17H,1-2,5-6,8-10,12-16H2,(H,22,25). The molecule has 6 nitrogen and oxygen atoms in total. The van der Waals surface area contributed by atoms with Crippen LogP contribution in [-0.4, -0.2) is 54.4 Å². The average molecular weight is 358 g/mol. The number of nitrogens with one attached hydrogen (secondary N) is 1. The molecule has 0 bridgehead atoms. The molecule has 1 aromatic heterocycles. The van der Waals surface area contributed by atoms with Crippen LogP contribution in [0.4, 0.5) is 5.82 Å². The van der Waals surface area contributed by atoms with Crippen LogP contribution >= 0.6 is 0 Å². The van der Waals surface area contributed by atoms with Crippen LogP contribution in [0.1, 0.15) is 44.9 Å². The number of nitrogens with zero attached hydrogens (tertiary/aromatic N) is 3. The van der Waals surface area contributed by atoms with Crippen LogP contribution in [-0.2, 0) is 9.59 Å². The lowest BCUT2D eigenvalue weighted by Gasteiger charge is -2.35. The highest BCUT2D eigenvalue weighted by atomic mass is 16.2. The molecule has 2 aliphatic rings. The van der Waals surface area contributed by atoms with Crippen molar-refractivity contribution in [3.8, 4) is 0 Å². The molecule has 1 aromatic rings. The molecule has 6 heteroatoms. The Labute approximate surface area is 156 Å². The normalized spacial score (nSPS) is 18.2. The van der Waals surface area contributed by atoms with E-state index in [0.717, 1.165) is 31.2 Å². The Kier molecular flexibility index (Phi) is 6.86. The molecule has 2 heterocycles. The SMILES string of the molecule is O=C(CCC1CCCC1)NCCC(=O)N1CCN(c2ccccn2)CC1. The number of aromatic nitrogens is 1. The first-order chi connectivity index (χ1) is 12.7. The minimum atomic E-state index is 0.0877. The van der Waals surface area contributed by atoms with Crippen molar-refractivity contribution in [1.29, 1.82) is 0 Å². The lowest BCUT2D eigenvalue weighted by atomic mass is 10.0. The zero-order valence-electron chi connectivity index (χ0n) is 15.5. The second-order valence-electron chi connectivity index (χ2n) is 7.34. The van der Waals surface area contributed by atoms with E-state index in [0.29, 0.717) is 32.5 Å².